The average molecular weight is 235 g/mol. The fourth-order valence-electron chi connectivity index (χ4n) is 1.34. The monoisotopic (exact) mass is 234 g/mol. The fourth-order valence-corrected chi connectivity index (χ4v) is 1.55. The second-order valence-corrected chi connectivity index (χ2v) is 3.74. The van der Waals surface area contributed by atoms with Crippen LogP contribution in [0.2, 0.25) is 5.15 Å². The summed E-state index contributed by atoms with van der Waals surface area (Å²) in [6.45, 7) is 3.85. The van der Waals surface area contributed by atoms with E-state index in [0.717, 1.165) is 12.1 Å². The van der Waals surface area contributed by atoms with Crippen LogP contribution in [0, 0.1) is 6.92 Å². The molecule has 0 atom stereocenters. The summed E-state index contributed by atoms with van der Waals surface area (Å²) in [6.07, 6.45) is 2.51. The predicted octanol–water partition coefficient (Wildman–Crippen LogP) is 2.46. The Labute approximate surface area is 98.8 Å². The smallest absolute Gasteiger partial charge is 0.179 e. The minimum absolute atomic E-state index is 0.443. The molecular formula is C11H11ClN4. The molecule has 0 saturated heterocycles. The van der Waals surface area contributed by atoms with Gasteiger partial charge in [0.15, 0.2) is 5.82 Å². The van der Waals surface area contributed by atoms with Crippen molar-refractivity contribution >= 4 is 11.6 Å². The van der Waals surface area contributed by atoms with E-state index in [1.54, 1.807) is 18.3 Å². The summed E-state index contributed by atoms with van der Waals surface area (Å²) < 4.78 is 0. The normalized spacial score (nSPS) is 10.4. The Balaban J connectivity index is 2.51. The number of hydrogen-bond acceptors (Lipinski definition) is 4. The van der Waals surface area contributed by atoms with Crippen molar-refractivity contribution in [2.24, 2.45) is 0 Å². The average Bonchev–Trinajstić information content (AvgIpc) is 2.28. The molecule has 0 aliphatic carbocycles. The molecule has 2 rings (SSSR count). The van der Waals surface area contributed by atoms with Crippen LogP contribution in [0.3, 0.4) is 0 Å². The molecule has 0 fully saturated rings. The zero-order chi connectivity index (χ0) is 11.5. The lowest BCUT2D eigenvalue weighted by atomic mass is 10.3. The van der Waals surface area contributed by atoms with Gasteiger partial charge in [-0.25, -0.2) is 19.9 Å². The molecule has 5 heteroatoms. The van der Waals surface area contributed by atoms with Crippen LogP contribution in [-0.2, 0) is 6.42 Å². The summed E-state index contributed by atoms with van der Waals surface area (Å²) in [4.78, 5) is 16.8. The van der Waals surface area contributed by atoms with Gasteiger partial charge in [-0.3, -0.25) is 0 Å². The molecule has 2 aromatic heterocycles. The van der Waals surface area contributed by atoms with Crippen molar-refractivity contribution < 1.29 is 0 Å². The van der Waals surface area contributed by atoms with Gasteiger partial charge >= 0.3 is 0 Å². The molecule has 4 nitrogen and oxygen atoms in total. The Morgan fingerprint density at radius 2 is 2.06 bits per heavy atom. The van der Waals surface area contributed by atoms with Gasteiger partial charge in [0.25, 0.3) is 0 Å². The molecule has 0 N–H and O–H groups in total. The van der Waals surface area contributed by atoms with Crippen LogP contribution in [0.1, 0.15) is 18.4 Å². The Hall–Kier alpha value is -1.55. The van der Waals surface area contributed by atoms with Crippen molar-refractivity contribution in [1.82, 2.24) is 19.9 Å². The van der Waals surface area contributed by atoms with Crippen molar-refractivity contribution in [1.29, 1.82) is 0 Å². The SMILES string of the molecule is CCc1cc(Cl)nc(-c2ccnc(C)n2)n1. The third kappa shape index (κ3) is 2.33. The number of rotatable bonds is 2. The number of halogens is 1. The van der Waals surface area contributed by atoms with Gasteiger partial charge in [0.2, 0.25) is 0 Å². The molecular weight excluding hydrogens is 224 g/mol. The molecule has 0 radical (unpaired) electrons. The molecule has 82 valence electrons. The maximum Gasteiger partial charge on any atom is 0.179 e. The first kappa shape index (κ1) is 11.0. The maximum absolute atomic E-state index is 5.92. The van der Waals surface area contributed by atoms with Gasteiger partial charge in [-0.15, -0.1) is 0 Å². The van der Waals surface area contributed by atoms with Crippen molar-refractivity contribution in [3.05, 3.63) is 35.0 Å². The highest BCUT2D eigenvalue weighted by molar-refractivity contribution is 6.29. The van der Waals surface area contributed by atoms with Crippen LogP contribution in [0.15, 0.2) is 18.3 Å². The molecule has 16 heavy (non-hydrogen) atoms. The molecule has 0 spiro atoms. The standard InChI is InChI=1S/C11H11ClN4/c1-3-8-6-10(12)16-11(15-8)9-4-5-13-7(2)14-9/h4-6H,3H2,1-2H3. The van der Waals surface area contributed by atoms with Crippen LogP contribution in [-0.4, -0.2) is 19.9 Å². The zero-order valence-corrected chi connectivity index (χ0v) is 9.86. The first-order valence-electron chi connectivity index (χ1n) is 5.02. The summed E-state index contributed by atoms with van der Waals surface area (Å²) in [5, 5.41) is 0.443. The van der Waals surface area contributed by atoms with Gasteiger partial charge in [0.05, 0.1) is 0 Å². The Bertz CT molecular complexity index is 513. The van der Waals surface area contributed by atoms with E-state index in [1.807, 2.05) is 13.8 Å². The lowest BCUT2D eigenvalue weighted by Gasteiger charge is -2.03. The van der Waals surface area contributed by atoms with Gasteiger partial charge < -0.3 is 0 Å². The highest BCUT2D eigenvalue weighted by Crippen LogP contribution is 2.16. The molecule has 2 heterocycles. The minimum Gasteiger partial charge on any atom is -0.242 e. The fraction of sp³-hybridized carbons (Fsp3) is 0.273. The zero-order valence-electron chi connectivity index (χ0n) is 9.11. The lowest BCUT2D eigenvalue weighted by Crippen LogP contribution is -1.98. The van der Waals surface area contributed by atoms with Crippen molar-refractivity contribution in [3.8, 4) is 11.5 Å². The van der Waals surface area contributed by atoms with E-state index in [0.29, 0.717) is 22.5 Å². The summed E-state index contributed by atoms with van der Waals surface area (Å²) in [5.41, 5.74) is 1.61. The number of hydrogen-bond donors (Lipinski definition) is 0. The molecule has 2 aromatic rings. The molecule has 0 amide bonds. The maximum atomic E-state index is 5.92. The van der Waals surface area contributed by atoms with E-state index in [2.05, 4.69) is 19.9 Å². The number of aromatic nitrogens is 4. The van der Waals surface area contributed by atoms with E-state index in [9.17, 15) is 0 Å². The molecule has 0 aliphatic heterocycles. The highest BCUT2D eigenvalue weighted by atomic mass is 35.5. The van der Waals surface area contributed by atoms with E-state index in [1.165, 1.54) is 0 Å². The van der Waals surface area contributed by atoms with E-state index < -0.39 is 0 Å². The second kappa shape index (κ2) is 4.53. The van der Waals surface area contributed by atoms with Gasteiger partial charge in [0.1, 0.15) is 16.7 Å². The summed E-state index contributed by atoms with van der Waals surface area (Å²) in [5.74, 6) is 1.24. The van der Waals surface area contributed by atoms with Crippen molar-refractivity contribution in [3.63, 3.8) is 0 Å². The lowest BCUT2D eigenvalue weighted by molar-refractivity contribution is 0.982. The van der Waals surface area contributed by atoms with Crippen LogP contribution in [0.4, 0.5) is 0 Å². The molecule has 0 aromatic carbocycles. The minimum atomic E-state index is 0.443. The van der Waals surface area contributed by atoms with Crippen LogP contribution in [0.5, 0.6) is 0 Å². The van der Waals surface area contributed by atoms with Gasteiger partial charge in [0, 0.05) is 11.9 Å². The van der Waals surface area contributed by atoms with Crippen LogP contribution in [0.25, 0.3) is 11.5 Å². The highest BCUT2D eigenvalue weighted by Gasteiger charge is 2.06. The van der Waals surface area contributed by atoms with Crippen molar-refractivity contribution in [2.45, 2.75) is 20.3 Å². The summed E-state index contributed by atoms with van der Waals surface area (Å²) in [7, 11) is 0. The Kier molecular flexibility index (Phi) is 3.10. The van der Waals surface area contributed by atoms with E-state index in [-0.39, 0.29) is 0 Å². The number of nitrogens with zero attached hydrogens (tertiary/aromatic N) is 4. The van der Waals surface area contributed by atoms with Gasteiger partial charge in [-0.1, -0.05) is 18.5 Å². The van der Waals surface area contributed by atoms with Crippen LogP contribution >= 0.6 is 11.6 Å². The van der Waals surface area contributed by atoms with Crippen molar-refractivity contribution in [2.75, 3.05) is 0 Å². The van der Waals surface area contributed by atoms with Crippen LogP contribution < -0.4 is 0 Å². The summed E-state index contributed by atoms with van der Waals surface area (Å²) in [6, 6.07) is 3.54. The van der Waals surface area contributed by atoms with Gasteiger partial charge in [-0.2, -0.15) is 0 Å². The molecule has 0 saturated carbocycles. The van der Waals surface area contributed by atoms with E-state index in [4.69, 9.17) is 11.6 Å². The quantitative estimate of drug-likeness (QED) is 0.749. The number of aryl methyl sites for hydroxylation is 2. The first-order valence-corrected chi connectivity index (χ1v) is 5.40. The van der Waals surface area contributed by atoms with Gasteiger partial charge in [-0.05, 0) is 25.5 Å². The third-order valence-corrected chi connectivity index (χ3v) is 2.31. The third-order valence-electron chi connectivity index (χ3n) is 2.12. The topological polar surface area (TPSA) is 51.6 Å². The predicted molar refractivity (Wildman–Crippen MR) is 62.2 cm³/mol. The second-order valence-electron chi connectivity index (χ2n) is 3.35. The largest absolute Gasteiger partial charge is 0.242 e. The first-order chi connectivity index (χ1) is 7.69. The summed E-state index contributed by atoms with van der Waals surface area (Å²) >= 11 is 5.92. The molecule has 0 unspecified atom stereocenters. The molecule has 0 aliphatic rings. The van der Waals surface area contributed by atoms with E-state index >= 15 is 0 Å². The molecule has 0 bridgehead atoms. The Morgan fingerprint density at radius 3 is 2.75 bits per heavy atom. The Morgan fingerprint density at radius 1 is 1.25 bits per heavy atom.